The molecule has 5 rings (SSSR count). The van der Waals surface area contributed by atoms with Gasteiger partial charge in [-0.3, -0.25) is 4.57 Å². The van der Waals surface area contributed by atoms with E-state index in [-0.39, 0.29) is 17.0 Å². The fourth-order valence-corrected chi connectivity index (χ4v) is 4.94. The average Bonchev–Trinajstić information content (AvgIpc) is 3.37. The molecule has 2 aromatic heterocycles. The number of fused-ring (bicyclic) bond motifs is 1. The molecule has 2 fully saturated rings. The van der Waals surface area contributed by atoms with Crippen molar-refractivity contribution >= 4 is 21.1 Å². The lowest BCUT2D eigenvalue weighted by atomic mass is 10.3. The molecular weight excluding hydrogens is 398 g/mol. The molecule has 2 aliphatic rings. The molecule has 3 aromatic rings. The van der Waals surface area contributed by atoms with Gasteiger partial charge in [-0.1, -0.05) is 5.16 Å². The van der Waals surface area contributed by atoms with Crippen molar-refractivity contribution in [2.24, 2.45) is 0 Å². The number of rotatable bonds is 5. The zero-order valence-electron chi connectivity index (χ0n) is 15.9. The summed E-state index contributed by atoms with van der Waals surface area (Å²) >= 11 is 0. The minimum atomic E-state index is -3.64. The van der Waals surface area contributed by atoms with Crippen LogP contribution in [0.1, 0.15) is 30.5 Å². The molecule has 1 saturated carbocycles. The summed E-state index contributed by atoms with van der Waals surface area (Å²) in [6.07, 6.45) is 2.08. The summed E-state index contributed by atoms with van der Waals surface area (Å²) in [7, 11) is -1.68. The summed E-state index contributed by atoms with van der Waals surface area (Å²) < 4.78 is 39.3. The van der Waals surface area contributed by atoms with Crippen LogP contribution in [0.3, 0.4) is 0 Å². The second kappa shape index (κ2) is 6.78. The molecule has 0 spiro atoms. The highest BCUT2D eigenvalue weighted by molar-refractivity contribution is 7.89. The van der Waals surface area contributed by atoms with Gasteiger partial charge in [-0.25, -0.2) is 13.2 Å². The zero-order chi connectivity index (χ0) is 20.2. The van der Waals surface area contributed by atoms with Gasteiger partial charge < -0.3 is 13.8 Å². The number of hydrogen-bond donors (Lipinski definition) is 0. The van der Waals surface area contributed by atoms with Crippen LogP contribution in [0.25, 0.3) is 11.1 Å². The van der Waals surface area contributed by atoms with E-state index in [0.29, 0.717) is 49.3 Å². The van der Waals surface area contributed by atoms with Crippen LogP contribution in [0.2, 0.25) is 0 Å². The summed E-state index contributed by atoms with van der Waals surface area (Å²) in [5.41, 5.74) is 0.709. The van der Waals surface area contributed by atoms with Crippen molar-refractivity contribution in [3.05, 3.63) is 40.5 Å². The molecule has 0 bridgehead atoms. The van der Waals surface area contributed by atoms with E-state index in [2.05, 4.69) is 15.0 Å². The van der Waals surface area contributed by atoms with Crippen LogP contribution in [-0.4, -0.2) is 65.6 Å². The molecule has 10 nitrogen and oxygen atoms in total. The summed E-state index contributed by atoms with van der Waals surface area (Å²) in [5.74, 6) is 0.732. The Bertz CT molecular complexity index is 1210. The Morgan fingerprint density at radius 3 is 2.66 bits per heavy atom. The topological polar surface area (TPSA) is 115 Å². The number of benzene rings is 1. The van der Waals surface area contributed by atoms with Crippen molar-refractivity contribution in [1.82, 2.24) is 23.9 Å². The van der Waals surface area contributed by atoms with Crippen LogP contribution in [0.4, 0.5) is 0 Å². The first kappa shape index (κ1) is 18.5. The van der Waals surface area contributed by atoms with E-state index in [0.717, 1.165) is 12.8 Å². The predicted octanol–water partition coefficient (Wildman–Crippen LogP) is 0.839. The molecule has 0 radical (unpaired) electrons. The number of sulfonamides is 1. The van der Waals surface area contributed by atoms with Crippen molar-refractivity contribution in [3.63, 3.8) is 0 Å². The summed E-state index contributed by atoms with van der Waals surface area (Å²) in [4.78, 5) is 18.9. The van der Waals surface area contributed by atoms with E-state index >= 15 is 0 Å². The highest BCUT2D eigenvalue weighted by atomic mass is 32.2. The van der Waals surface area contributed by atoms with Crippen LogP contribution in [0.15, 0.2) is 36.8 Å². The average molecular weight is 419 g/mol. The molecule has 1 aromatic carbocycles. The van der Waals surface area contributed by atoms with Crippen LogP contribution in [-0.2, 0) is 16.6 Å². The standard InChI is InChI=1S/C18H21N5O5S/c1-21-6-8-22(9-7-21)29(25,26)13-4-5-14-15(10-13)27-18(24)23(14)11-16-19-17(28-20-16)12-2-3-12/h4-5,10,12H,2-3,6-9,11H2,1H3. The minimum Gasteiger partial charge on any atom is -0.408 e. The fraction of sp³-hybridized carbons (Fsp3) is 0.500. The SMILES string of the molecule is CN1CCN(S(=O)(=O)c2ccc3c(c2)oc(=O)n3Cc2noc(C3CC3)n2)CC1. The maximum atomic E-state index is 12.9. The highest BCUT2D eigenvalue weighted by Crippen LogP contribution is 2.38. The number of hydrogen-bond acceptors (Lipinski definition) is 8. The second-order valence-corrected chi connectivity index (χ2v) is 9.55. The third-order valence-corrected chi connectivity index (χ3v) is 7.34. The summed E-state index contributed by atoms with van der Waals surface area (Å²) in [6, 6.07) is 4.51. The van der Waals surface area contributed by atoms with E-state index in [1.807, 2.05) is 7.05 Å². The molecule has 0 N–H and O–H groups in total. The van der Waals surface area contributed by atoms with Crippen molar-refractivity contribution in [1.29, 1.82) is 0 Å². The van der Waals surface area contributed by atoms with Crippen LogP contribution >= 0.6 is 0 Å². The van der Waals surface area contributed by atoms with E-state index < -0.39 is 15.8 Å². The second-order valence-electron chi connectivity index (χ2n) is 7.61. The quantitative estimate of drug-likeness (QED) is 0.598. The van der Waals surface area contributed by atoms with E-state index in [1.54, 1.807) is 6.07 Å². The number of likely N-dealkylation sites (N-methyl/N-ethyl adjacent to an activating group) is 1. The fourth-order valence-electron chi connectivity index (χ4n) is 3.50. The Morgan fingerprint density at radius 2 is 1.93 bits per heavy atom. The van der Waals surface area contributed by atoms with Gasteiger partial charge in [-0.15, -0.1) is 0 Å². The minimum absolute atomic E-state index is 0.104. The monoisotopic (exact) mass is 419 g/mol. The Morgan fingerprint density at radius 1 is 1.17 bits per heavy atom. The molecule has 154 valence electrons. The first-order valence-electron chi connectivity index (χ1n) is 9.56. The summed E-state index contributed by atoms with van der Waals surface area (Å²) in [6.45, 7) is 2.33. The molecule has 11 heteroatoms. The lowest BCUT2D eigenvalue weighted by Gasteiger charge is -2.31. The van der Waals surface area contributed by atoms with Crippen molar-refractivity contribution < 1.29 is 17.4 Å². The number of oxazole rings is 1. The lowest BCUT2D eigenvalue weighted by molar-refractivity contribution is 0.222. The third kappa shape index (κ3) is 3.38. The van der Waals surface area contributed by atoms with Crippen molar-refractivity contribution in [2.45, 2.75) is 30.2 Å². The Balaban J connectivity index is 1.44. The van der Waals surface area contributed by atoms with Gasteiger partial charge >= 0.3 is 5.76 Å². The first-order chi connectivity index (χ1) is 13.9. The first-order valence-corrected chi connectivity index (χ1v) is 11.0. The summed E-state index contributed by atoms with van der Waals surface area (Å²) in [5, 5.41) is 3.93. The molecular formula is C18H21N5O5S. The van der Waals surface area contributed by atoms with Gasteiger partial charge in [0.2, 0.25) is 15.9 Å². The molecule has 3 heterocycles. The molecule has 1 aliphatic heterocycles. The normalized spacial score (nSPS) is 19.2. The zero-order valence-corrected chi connectivity index (χ0v) is 16.8. The highest BCUT2D eigenvalue weighted by Gasteiger charge is 2.30. The lowest BCUT2D eigenvalue weighted by Crippen LogP contribution is -2.46. The van der Waals surface area contributed by atoms with Crippen LogP contribution < -0.4 is 5.76 Å². The van der Waals surface area contributed by atoms with E-state index in [4.69, 9.17) is 8.94 Å². The predicted molar refractivity (Wildman–Crippen MR) is 102 cm³/mol. The maximum absolute atomic E-state index is 12.9. The van der Waals surface area contributed by atoms with Gasteiger partial charge in [0, 0.05) is 38.2 Å². The van der Waals surface area contributed by atoms with Gasteiger partial charge in [0.1, 0.15) is 0 Å². The number of piperazine rings is 1. The molecule has 1 aliphatic carbocycles. The van der Waals surface area contributed by atoms with Gasteiger partial charge in [0.25, 0.3) is 0 Å². The Kier molecular flexibility index (Phi) is 4.33. The number of nitrogens with zero attached hydrogens (tertiary/aromatic N) is 5. The molecule has 29 heavy (non-hydrogen) atoms. The van der Waals surface area contributed by atoms with Crippen molar-refractivity contribution in [3.8, 4) is 0 Å². The smallest absolute Gasteiger partial charge is 0.408 e. The Labute approximate surface area is 166 Å². The molecule has 0 unspecified atom stereocenters. The van der Waals surface area contributed by atoms with Crippen LogP contribution in [0.5, 0.6) is 0 Å². The largest absolute Gasteiger partial charge is 0.420 e. The van der Waals surface area contributed by atoms with Crippen LogP contribution in [0, 0.1) is 0 Å². The maximum Gasteiger partial charge on any atom is 0.420 e. The van der Waals surface area contributed by atoms with Gasteiger partial charge in [0.05, 0.1) is 17.0 Å². The van der Waals surface area contributed by atoms with Gasteiger partial charge in [-0.05, 0) is 32.0 Å². The molecule has 0 atom stereocenters. The Hall–Kier alpha value is -2.50. The molecule has 0 amide bonds. The van der Waals surface area contributed by atoms with E-state index in [9.17, 15) is 13.2 Å². The van der Waals surface area contributed by atoms with Gasteiger partial charge in [0.15, 0.2) is 11.4 Å². The molecule has 1 saturated heterocycles. The van der Waals surface area contributed by atoms with Crippen molar-refractivity contribution in [2.75, 3.05) is 33.2 Å². The van der Waals surface area contributed by atoms with E-state index in [1.165, 1.54) is 21.0 Å². The van der Waals surface area contributed by atoms with Gasteiger partial charge in [-0.2, -0.15) is 9.29 Å². The third-order valence-electron chi connectivity index (χ3n) is 5.45. The number of aromatic nitrogens is 3.